The minimum Gasteiger partial charge on any atom is -0.365 e. The Kier molecular flexibility index (Phi) is 3.16. The summed E-state index contributed by atoms with van der Waals surface area (Å²) in [5.41, 5.74) is 1.28. The number of thiophene rings is 1. The zero-order valence-electron chi connectivity index (χ0n) is 12.3. The number of amides is 1. The van der Waals surface area contributed by atoms with Crippen molar-refractivity contribution in [3.05, 3.63) is 39.6 Å². The summed E-state index contributed by atoms with van der Waals surface area (Å²) in [6, 6.07) is 8.42. The molecule has 3 heterocycles. The third kappa shape index (κ3) is 2.02. The minimum absolute atomic E-state index is 0.0418. The second kappa shape index (κ2) is 5.07. The van der Waals surface area contributed by atoms with Crippen molar-refractivity contribution in [3.63, 3.8) is 0 Å². The van der Waals surface area contributed by atoms with Crippen LogP contribution in [-0.2, 0) is 4.79 Å². The lowest BCUT2D eigenvalue weighted by atomic mass is 9.89. The van der Waals surface area contributed by atoms with Crippen LogP contribution in [0, 0.1) is 6.92 Å². The predicted molar refractivity (Wildman–Crippen MR) is 93.3 cm³/mol. The molecule has 6 heteroatoms. The molecule has 4 nitrogen and oxygen atoms in total. The van der Waals surface area contributed by atoms with Crippen molar-refractivity contribution in [3.8, 4) is 0 Å². The van der Waals surface area contributed by atoms with Gasteiger partial charge in [-0.25, -0.2) is 4.98 Å². The zero-order chi connectivity index (χ0) is 15.3. The van der Waals surface area contributed by atoms with Crippen molar-refractivity contribution in [1.29, 1.82) is 0 Å². The van der Waals surface area contributed by atoms with Gasteiger partial charge in [-0.1, -0.05) is 29.5 Å². The van der Waals surface area contributed by atoms with Crippen molar-refractivity contribution in [2.45, 2.75) is 19.3 Å². The van der Waals surface area contributed by atoms with Crippen molar-refractivity contribution >= 4 is 49.6 Å². The Morgan fingerprint density at radius 2 is 2.14 bits per heavy atom. The third-order valence-corrected chi connectivity index (χ3v) is 6.29. The first-order valence-corrected chi connectivity index (χ1v) is 8.77. The molecule has 2 N–H and O–H groups in total. The molecule has 0 saturated heterocycles. The lowest BCUT2D eigenvalue weighted by Crippen LogP contribution is -2.22. The maximum Gasteiger partial charge on any atom is 0.226 e. The summed E-state index contributed by atoms with van der Waals surface area (Å²) < 4.78 is 1.28. The fraction of sp³-hybridized carbons (Fsp3) is 0.250. The largest absolute Gasteiger partial charge is 0.365 e. The molecule has 112 valence electrons. The minimum atomic E-state index is 0.0418. The predicted octanol–water partition coefficient (Wildman–Crippen LogP) is 4.18. The highest BCUT2D eigenvalue weighted by Crippen LogP contribution is 2.47. The monoisotopic (exact) mass is 329 g/mol. The van der Waals surface area contributed by atoms with E-state index in [-0.39, 0.29) is 11.8 Å². The molecule has 1 aliphatic heterocycles. The summed E-state index contributed by atoms with van der Waals surface area (Å²) in [7, 11) is 1.85. The Morgan fingerprint density at radius 1 is 1.32 bits per heavy atom. The van der Waals surface area contributed by atoms with Gasteiger partial charge in [-0.3, -0.25) is 4.79 Å². The molecule has 1 atom stereocenters. The molecule has 0 aliphatic carbocycles. The van der Waals surface area contributed by atoms with E-state index in [0.717, 1.165) is 10.0 Å². The van der Waals surface area contributed by atoms with E-state index >= 15 is 0 Å². The SMILES string of the molecule is CNc1nc2c(s1)[C@@H](c1c(C)sc3ccccc13)CC(=O)N2. The average molecular weight is 329 g/mol. The highest BCUT2D eigenvalue weighted by atomic mass is 32.1. The molecule has 4 rings (SSSR count). The fourth-order valence-electron chi connectivity index (χ4n) is 3.08. The number of nitrogens with zero attached hydrogens (tertiary/aromatic N) is 1. The lowest BCUT2D eigenvalue weighted by Gasteiger charge is -2.22. The van der Waals surface area contributed by atoms with E-state index in [1.54, 1.807) is 22.7 Å². The van der Waals surface area contributed by atoms with Gasteiger partial charge in [-0.05, 0) is 23.9 Å². The Morgan fingerprint density at radius 3 is 2.95 bits per heavy atom. The molecule has 0 spiro atoms. The third-order valence-electron chi connectivity index (χ3n) is 4.00. The number of carbonyl (C=O) groups excluding carboxylic acids is 1. The van der Waals surface area contributed by atoms with Gasteiger partial charge in [0.15, 0.2) is 5.13 Å². The van der Waals surface area contributed by atoms with E-state index in [4.69, 9.17) is 0 Å². The average Bonchev–Trinajstić information content (AvgIpc) is 3.06. The number of nitrogens with one attached hydrogen (secondary N) is 2. The first kappa shape index (κ1) is 13.7. The maximum absolute atomic E-state index is 12.1. The molecule has 1 aliphatic rings. The van der Waals surface area contributed by atoms with E-state index in [2.05, 4.69) is 46.8 Å². The first-order chi connectivity index (χ1) is 10.7. The lowest BCUT2D eigenvalue weighted by molar-refractivity contribution is -0.116. The Bertz CT molecular complexity index is 881. The Hall–Kier alpha value is -1.92. The Labute approximate surface area is 136 Å². The molecule has 0 radical (unpaired) electrons. The highest BCUT2D eigenvalue weighted by molar-refractivity contribution is 7.19. The van der Waals surface area contributed by atoms with Crippen LogP contribution in [0.15, 0.2) is 24.3 Å². The van der Waals surface area contributed by atoms with E-state index in [1.807, 2.05) is 7.05 Å². The molecule has 1 amide bonds. The zero-order valence-corrected chi connectivity index (χ0v) is 13.9. The van der Waals surface area contributed by atoms with Gasteiger partial charge in [0.1, 0.15) is 5.82 Å². The quantitative estimate of drug-likeness (QED) is 0.741. The number of fused-ring (bicyclic) bond motifs is 2. The standard InChI is InChI=1S/C16H15N3OS2/c1-8-13(9-5-3-4-6-11(9)21-8)10-7-12(20)18-15-14(10)22-16(17-2)19-15/h3-6,10H,7H2,1-2H3,(H,17,19)(H,18,20)/t10-/m1/s1. The smallest absolute Gasteiger partial charge is 0.226 e. The van der Waals surface area contributed by atoms with Crippen molar-refractivity contribution in [2.75, 3.05) is 17.7 Å². The fourth-order valence-corrected chi connectivity index (χ4v) is 5.19. The molecule has 3 aromatic rings. The van der Waals surface area contributed by atoms with Gasteiger partial charge in [0.2, 0.25) is 5.91 Å². The van der Waals surface area contributed by atoms with E-state index < -0.39 is 0 Å². The van der Waals surface area contributed by atoms with Crippen LogP contribution in [0.2, 0.25) is 0 Å². The van der Waals surface area contributed by atoms with Crippen molar-refractivity contribution in [1.82, 2.24) is 4.98 Å². The van der Waals surface area contributed by atoms with Crippen LogP contribution in [0.3, 0.4) is 0 Å². The summed E-state index contributed by atoms with van der Waals surface area (Å²) in [5, 5.41) is 8.07. The molecule has 0 bridgehead atoms. The highest BCUT2D eigenvalue weighted by Gasteiger charge is 2.32. The number of thiazole rings is 1. The van der Waals surface area contributed by atoms with E-state index in [0.29, 0.717) is 12.2 Å². The van der Waals surface area contributed by atoms with Gasteiger partial charge < -0.3 is 10.6 Å². The van der Waals surface area contributed by atoms with Crippen LogP contribution in [0.4, 0.5) is 10.9 Å². The molecule has 0 fully saturated rings. The van der Waals surface area contributed by atoms with Crippen molar-refractivity contribution < 1.29 is 4.79 Å². The van der Waals surface area contributed by atoms with Crippen LogP contribution < -0.4 is 10.6 Å². The molecule has 2 aromatic heterocycles. The molecular weight excluding hydrogens is 314 g/mol. The van der Waals surface area contributed by atoms with Gasteiger partial charge in [0, 0.05) is 29.0 Å². The van der Waals surface area contributed by atoms with Crippen LogP contribution in [0.1, 0.15) is 27.7 Å². The summed E-state index contributed by atoms with van der Waals surface area (Å²) in [6.07, 6.45) is 0.486. The number of rotatable bonds is 2. The number of hydrogen-bond donors (Lipinski definition) is 2. The topological polar surface area (TPSA) is 54.0 Å². The number of aryl methyl sites for hydroxylation is 1. The van der Waals surface area contributed by atoms with Crippen LogP contribution in [0.5, 0.6) is 0 Å². The van der Waals surface area contributed by atoms with Gasteiger partial charge in [-0.15, -0.1) is 11.3 Å². The number of anilines is 2. The Balaban J connectivity index is 1.93. The van der Waals surface area contributed by atoms with Crippen LogP contribution in [0.25, 0.3) is 10.1 Å². The summed E-state index contributed by atoms with van der Waals surface area (Å²) >= 11 is 3.43. The maximum atomic E-state index is 12.1. The van der Waals surface area contributed by atoms with Gasteiger partial charge in [0.05, 0.1) is 4.88 Å². The molecular formula is C16H15N3OS2. The normalized spacial score (nSPS) is 17.4. The molecule has 1 aromatic carbocycles. The number of aromatic nitrogens is 1. The molecule has 0 saturated carbocycles. The van der Waals surface area contributed by atoms with Gasteiger partial charge >= 0.3 is 0 Å². The summed E-state index contributed by atoms with van der Waals surface area (Å²) in [5.74, 6) is 0.852. The van der Waals surface area contributed by atoms with Crippen molar-refractivity contribution in [2.24, 2.45) is 0 Å². The number of benzene rings is 1. The summed E-state index contributed by atoms with van der Waals surface area (Å²) in [4.78, 5) is 19.0. The number of hydrogen-bond acceptors (Lipinski definition) is 5. The van der Waals surface area contributed by atoms with Gasteiger partial charge in [-0.2, -0.15) is 0 Å². The van der Waals surface area contributed by atoms with Gasteiger partial charge in [0.25, 0.3) is 0 Å². The second-order valence-electron chi connectivity index (χ2n) is 5.35. The molecule has 0 unspecified atom stereocenters. The second-order valence-corrected chi connectivity index (χ2v) is 7.64. The molecule has 22 heavy (non-hydrogen) atoms. The van der Waals surface area contributed by atoms with E-state index in [1.165, 1.54) is 20.5 Å². The first-order valence-electron chi connectivity index (χ1n) is 7.13. The summed E-state index contributed by atoms with van der Waals surface area (Å²) in [6.45, 7) is 2.15. The number of carbonyl (C=O) groups is 1. The van der Waals surface area contributed by atoms with Crippen LogP contribution >= 0.6 is 22.7 Å². The van der Waals surface area contributed by atoms with Crippen LogP contribution in [-0.4, -0.2) is 17.9 Å². The van der Waals surface area contributed by atoms with E-state index in [9.17, 15) is 4.79 Å².